The van der Waals surface area contributed by atoms with E-state index in [0.29, 0.717) is 12.1 Å². The number of rotatable bonds is 6. The highest BCUT2D eigenvalue weighted by Gasteiger charge is 2.12. The van der Waals surface area contributed by atoms with Crippen molar-refractivity contribution < 1.29 is 9.90 Å². The monoisotopic (exact) mass is 363 g/mol. The largest absolute Gasteiger partial charge is 0.508 e. The zero-order chi connectivity index (χ0) is 19.4. The van der Waals surface area contributed by atoms with Crippen molar-refractivity contribution in [3.63, 3.8) is 0 Å². The van der Waals surface area contributed by atoms with Crippen molar-refractivity contribution >= 4 is 5.91 Å². The number of phenolic OH excluding ortho intramolecular Hbond substituents is 1. The van der Waals surface area contributed by atoms with E-state index in [9.17, 15) is 9.90 Å². The first-order valence-corrected chi connectivity index (χ1v) is 9.21. The molecule has 3 rings (SSSR count). The average molecular weight is 363 g/mol. The summed E-state index contributed by atoms with van der Waals surface area (Å²) in [4.78, 5) is 12.3. The first kappa shape index (κ1) is 18.7. The van der Waals surface area contributed by atoms with Gasteiger partial charge in [-0.25, -0.2) is 4.68 Å². The number of nitrogens with zero attached hydrogens (tertiary/aromatic N) is 2. The van der Waals surface area contributed by atoms with Crippen LogP contribution >= 0.6 is 0 Å². The predicted molar refractivity (Wildman–Crippen MR) is 107 cm³/mol. The molecule has 1 aromatic heterocycles. The molecule has 5 heteroatoms. The van der Waals surface area contributed by atoms with Crippen LogP contribution in [0.2, 0.25) is 0 Å². The summed E-state index contributed by atoms with van der Waals surface area (Å²) in [7, 11) is 0. The van der Waals surface area contributed by atoms with E-state index in [1.165, 1.54) is 5.56 Å². The SMILES string of the molecule is CCc1c(C)nn(-c2ccc(C(=O)NCCc3ccc(O)cc3)cc2)c1C. The van der Waals surface area contributed by atoms with E-state index in [-0.39, 0.29) is 11.7 Å². The maximum absolute atomic E-state index is 12.3. The molecule has 0 unspecified atom stereocenters. The van der Waals surface area contributed by atoms with Gasteiger partial charge in [-0.2, -0.15) is 5.10 Å². The van der Waals surface area contributed by atoms with Crippen molar-refractivity contribution in [1.82, 2.24) is 15.1 Å². The summed E-state index contributed by atoms with van der Waals surface area (Å²) in [6.07, 6.45) is 1.68. The molecule has 0 atom stereocenters. The fourth-order valence-electron chi connectivity index (χ4n) is 3.28. The summed E-state index contributed by atoms with van der Waals surface area (Å²) in [5.74, 6) is 0.152. The number of amides is 1. The molecule has 0 aliphatic carbocycles. The van der Waals surface area contributed by atoms with Gasteiger partial charge in [-0.05, 0) is 74.2 Å². The highest BCUT2D eigenvalue weighted by Crippen LogP contribution is 2.18. The second-order valence-electron chi connectivity index (χ2n) is 6.63. The van der Waals surface area contributed by atoms with Gasteiger partial charge in [0.1, 0.15) is 5.75 Å². The Morgan fingerprint density at radius 3 is 2.33 bits per heavy atom. The van der Waals surface area contributed by atoms with E-state index in [2.05, 4.69) is 24.3 Å². The minimum Gasteiger partial charge on any atom is -0.508 e. The lowest BCUT2D eigenvalue weighted by Gasteiger charge is -2.08. The van der Waals surface area contributed by atoms with E-state index in [0.717, 1.165) is 35.5 Å². The molecule has 3 aromatic rings. The molecule has 0 spiro atoms. The standard InChI is InChI=1S/C22H25N3O2/c1-4-21-15(2)24-25(16(21)3)19-9-7-18(8-10-19)22(27)23-14-13-17-5-11-20(26)12-6-17/h5-12,26H,4,13-14H2,1-3H3,(H,23,27). The Morgan fingerprint density at radius 2 is 1.74 bits per heavy atom. The van der Waals surface area contributed by atoms with Gasteiger partial charge in [0.25, 0.3) is 5.91 Å². The average Bonchev–Trinajstić information content (AvgIpc) is 2.97. The van der Waals surface area contributed by atoms with Crippen LogP contribution in [0.5, 0.6) is 5.75 Å². The van der Waals surface area contributed by atoms with E-state index in [4.69, 9.17) is 0 Å². The lowest BCUT2D eigenvalue weighted by Crippen LogP contribution is -2.25. The molecule has 27 heavy (non-hydrogen) atoms. The number of nitrogens with one attached hydrogen (secondary N) is 1. The fourth-order valence-corrected chi connectivity index (χ4v) is 3.28. The Balaban J connectivity index is 1.63. The molecule has 1 heterocycles. The molecule has 5 nitrogen and oxygen atoms in total. The van der Waals surface area contributed by atoms with Crippen molar-refractivity contribution in [1.29, 1.82) is 0 Å². The highest BCUT2D eigenvalue weighted by atomic mass is 16.3. The van der Waals surface area contributed by atoms with E-state index in [1.54, 1.807) is 12.1 Å². The predicted octanol–water partition coefficient (Wildman–Crippen LogP) is 3.73. The minimum atomic E-state index is -0.0945. The summed E-state index contributed by atoms with van der Waals surface area (Å²) >= 11 is 0. The topological polar surface area (TPSA) is 67.2 Å². The Kier molecular flexibility index (Phi) is 5.60. The number of aromatic hydroxyl groups is 1. The molecule has 140 valence electrons. The fraction of sp³-hybridized carbons (Fsp3) is 0.273. The molecule has 0 bridgehead atoms. The molecule has 1 amide bonds. The van der Waals surface area contributed by atoms with Crippen LogP contribution in [-0.2, 0) is 12.8 Å². The molecule has 0 saturated heterocycles. The van der Waals surface area contributed by atoms with Crippen LogP contribution in [-0.4, -0.2) is 27.3 Å². The zero-order valence-electron chi connectivity index (χ0n) is 16.0. The van der Waals surface area contributed by atoms with Gasteiger partial charge in [0.05, 0.1) is 11.4 Å². The van der Waals surface area contributed by atoms with Crippen LogP contribution in [0.3, 0.4) is 0 Å². The molecule has 0 aliphatic rings. The zero-order valence-corrected chi connectivity index (χ0v) is 16.0. The van der Waals surface area contributed by atoms with Crippen LogP contribution in [0.15, 0.2) is 48.5 Å². The van der Waals surface area contributed by atoms with Crippen LogP contribution < -0.4 is 5.32 Å². The first-order valence-electron chi connectivity index (χ1n) is 9.21. The summed E-state index contributed by atoms with van der Waals surface area (Å²) in [5, 5.41) is 16.8. The highest BCUT2D eigenvalue weighted by molar-refractivity contribution is 5.94. The third-order valence-corrected chi connectivity index (χ3v) is 4.80. The van der Waals surface area contributed by atoms with Gasteiger partial charge in [0.15, 0.2) is 0 Å². The third kappa shape index (κ3) is 4.19. The number of aromatic nitrogens is 2. The van der Waals surface area contributed by atoms with Crippen molar-refractivity contribution in [3.8, 4) is 11.4 Å². The molecule has 0 aliphatic heterocycles. The van der Waals surface area contributed by atoms with Gasteiger partial charge < -0.3 is 10.4 Å². The lowest BCUT2D eigenvalue weighted by molar-refractivity contribution is 0.0954. The Bertz CT molecular complexity index is 925. The van der Waals surface area contributed by atoms with Crippen LogP contribution in [0, 0.1) is 13.8 Å². The van der Waals surface area contributed by atoms with Crippen LogP contribution in [0.1, 0.15) is 39.8 Å². The summed E-state index contributed by atoms with van der Waals surface area (Å²) < 4.78 is 1.93. The van der Waals surface area contributed by atoms with Gasteiger partial charge in [-0.3, -0.25) is 4.79 Å². The smallest absolute Gasteiger partial charge is 0.251 e. The minimum absolute atomic E-state index is 0.0945. The Labute approximate surface area is 159 Å². The maximum atomic E-state index is 12.3. The molecule has 2 N–H and O–H groups in total. The third-order valence-electron chi connectivity index (χ3n) is 4.80. The Morgan fingerprint density at radius 1 is 1.07 bits per heavy atom. The van der Waals surface area contributed by atoms with Crippen LogP contribution in [0.4, 0.5) is 0 Å². The number of benzene rings is 2. The van der Waals surface area contributed by atoms with Crippen molar-refractivity contribution in [2.24, 2.45) is 0 Å². The first-order chi connectivity index (χ1) is 13.0. The lowest BCUT2D eigenvalue weighted by atomic mass is 10.1. The molecule has 0 radical (unpaired) electrons. The summed E-state index contributed by atoms with van der Waals surface area (Å²) in [5.41, 5.74) is 6.11. The van der Waals surface area contributed by atoms with Crippen LogP contribution in [0.25, 0.3) is 5.69 Å². The second-order valence-corrected chi connectivity index (χ2v) is 6.63. The van der Waals surface area contributed by atoms with Gasteiger partial charge in [-0.1, -0.05) is 19.1 Å². The maximum Gasteiger partial charge on any atom is 0.251 e. The number of carbonyl (C=O) groups is 1. The normalized spacial score (nSPS) is 10.8. The van der Waals surface area contributed by atoms with E-state index in [1.807, 2.05) is 48.0 Å². The van der Waals surface area contributed by atoms with Crippen molar-refractivity contribution in [3.05, 3.63) is 76.6 Å². The molecular formula is C22H25N3O2. The molecule has 0 saturated carbocycles. The molecule has 2 aromatic carbocycles. The van der Waals surface area contributed by atoms with E-state index >= 15 is 0 Å². The number of aryl methyl sites for hydroxylation is 1. The number of carbonyl (C=O) groups excluding carboxylic acids is 1. The molecule has 0 fully saturated rings. The van der Waals surface area contributed by atoms with Gasteiger partial charge in [-0.15, -0.1) is 0 Å². The van der Waals surface area contributed by atoms with E-state index < -0.39 is 0 Å². The van der Waals surface area contributed by atoms with Gasteiger partial charge in [0, 0.05) is 17.8 Å². The van der Waals surface area contributed by atoms with Crippen molar-refractivity contribution in [2.45, 2.75) is 33.6 Å². The number of phenols is 1. The number of hydrogen-bond acceptors (Lipinski definition) is 3. The quantitative estimate of drug-likeness (QED) is 0.701. The second kappa shape index (κ2) is 8.08. The van der Waals surface area contributed by atoms with Gasteiger partial charge in [0.2, 0.25) is 0 Å². The summed E-state index contributed by atoms with van der Waals surface area (Å²) in [6, 6.07) is 14.5. The summed E-state index contributed by atoms with van der Waals surface area (Å²) in [6.45, 7) is 6.77. The molecular weight excluding hydrogens is 338 g/mol. The Hall–Kier alpha value is -3.08. The van der Waals surface area contributed by atoms with Crippen molar-refractivity contribution in [2.75, 3.05) is 6.54 Å². The number of hydrogen-bond donors (Lipinski definition) is 2. The van der Waals surface area contributed by atoms with Gasteiger partial charge >= 0.3 is 0 Å².